The van der Waals surface area contributed by atoms with Gasteiger partial charge in [-0.05, 0) is 35.0 Å². The fourth-order valence-electron chi connectivity index (χ4n) is 1.67. The molecular formula is C13H14BrN3O4. The third kappa shape index (κ3) is 3.52. The van der Waals surface area contributed by atoms with Crippen LogP contribution in [0.3, 0.4) is 0 Å². The summed E-state index contributed by atoms with van der Waals surface area (Å²) < 4.78 is 13.4. The normalized spacial score (nSPS) is 10.4. The maximum absolute atomic E-state index is 11.1. The number of aryl methyl sites for hydroxylation is 1. The molecule has 0 radical (unpaired) electrons. The number of benzene rings is 1. The van der Waals surface area contributed by atoms with Gasteiger partial charge in [0.25, 0.3) is 0 Å². The zero-order valence-electron chi connectivity index (χ0n) is 11.5. The molecule has 2 rings (SSSR count). The van der Waals surface area contributed by atoms with E-state index in [1.54, 1.807) is 10.9 Å². The third-order valence-corrected chi connectivity index (χ3v) is 3.30. The van der Waals surface area contributed by atoms with Crippen molar-refractivity contribution >= 4 is 21.9 Å². The SMILES string of the molecule is CCOc1cc(C(=O)O)cc(Br)c1OCc1nncn1C. The molecule has 0 aliphatic carbocycles. The van der Waals surface area contributed by atoms with Gasteiger partial charge in [-0.3, -0.25) is 0 Å². The molecule has 0 amide bonds. The number of hydrogen-bond donors (Lipinski definition) is 1. The van der Waals surface area contributed by atoms with E-state index in [4.69, 9.17) is 14.6 Å². The summed E-state index contributed by atoms with van der Waals surface area (Å²) in [5.74, 6) is 0.416. The van der Waals surface area contributed by atoms with Gasteiger partial charge >= 0.3 is 5.97 Å². The highest BCUT2D eigenvalue weighted by Crippen LogP contribution is 2.37. The molecule has 0 aliphatic heterocycles. The minimum atomic E-state index is -1.03. The summed E-state index contributed by atoms with van der Waals surface area (Å²) in [6.07, 6.45) is 1.57. The van der Waals surface area contributed by atoms with Crippen molar-refractivity contribution in [3.8, 4) is 11.5 Å². The van der Waals surface area contributed by atoms with Crippen LogP contribution < -0.4 is 9.47 Å². The third-order valence-electron chi connectivity index (χ3n) is 2.71. The molecule has 1 heterocycles. The molecule has 0 saturated heterocycles. The van der Waals surface area contributed by atoms with Crippen LogP contribution in [0.15, 0.2) is 22.9 Å². The van der Waals surface area contributed by atoms with Gasteiger partial charge < -0.3 is 19.1 Å². The summed E-state index contributed by atoms with van der Waals surface area (Å²) in [6, 6.07) is 2.90. The second-order valence-electron chi connectivity index (χ2n) is 4.17. The lowest BCUT2D eigenvalue weighted by molar-refractivity contribution is 0.0696. The van der Waals surface area contributed by atoms with Crippen molar-refractivity contribution < 1.29 is 19.4 Å². The standard InChI is InChI=1S/C13H14BrN3O4/c1-3-20-10-5-8(13(18)19)4-9(14)12(10)21-6-11-16-15-7-17(11)2/h4-5,7H,3,6H2,1-2H3,(H,18,19). The van der Waals surface area contributed by atoms with Crippen LogP contribution in [0.5, 0.6) is 11.5 Å². The predicted octanol–water partition coefficient (Wildman–Crippen LogP) is 2.25. The number of hydrogen-bond acceptors (Lipinski definition) is 5. The molecule has 112 valence electrons. The van der Waals surface area contributed by atoms with Gasteiger partial charge in [0.2, 0.25) is 0 Å². The Balaban J connectivity index is 2.28. The molecular weight excluding hydrogens is 342 g/mol. The lowest BCUT2D eigenvalue weighted by Crippen LogP contribution is -2.06. The number of aromatic nitrogens is 3. The van der Waals surface area contributed by atoms with Crippen molar-refractivity contribution in [3.05, 3.63) is 34.3 Å². The summed E-state index contributed by atoms with van der Waals surface area (Å²) >= 11 is 3.31. The van der Waals surface area contributed by atoms with Gasteiger partial charge in [0.1, 0.15) is 12.9 Å². The van der Waals surface area contributed by atoms with Crippen molar-refractivity contribution in [1.29, 1.82) is 0 Å². The van der Waals surface area contributed by atoms with Crippen LogP contribution in [-0.2, 0) is 13.7 Å². The van der Waals surface area contributed by atoms with E-state index in [1.165, 1.54) is 12.1 Å². The molecule has 0 saturated carbocycles. The molecule has 21 heavy (non-hydrogen) atoms. The Morgan fingerprint density at radius 2 is 2.19 bits per heavy atom. The highest BCUT2D eigenvalue weighted by Gasteiger charge is 2.16. The molecule has 0 unspecified atom stereocenters. The summed E-state index contributed by atoms with van der Waals surface area (Å²) in [4.78, 5) is 11.1. The number of aromatic carboxylic acids is 1. The average Bonchev–Trinajstić information content (AvgIpc) is 2.83. The van der Waals surface area contributed by atoms with Gasteiger partial charge in [-0.2, -0.15) is 0 Å². The summed E-state index contributed by atoms with van der Waals surface area (Å²) in [6.45, 7) is 2.41. The smallest absolute Gasteiger partial charge is 0.335 e. The Morgan fingerprint density at radius 1 is 1.43 bits per heavy atom. The topological polar surface area (TPSA) is 86.5 Å². The first-order valence-corrected chi connectivity index (χ1v) is 6.97. The molecule has 1 aromatic heterocycles. The van der Waals surface area contributed by atoms with Gasteiger partial charge in [0.05, 0.1) is 16.6 Å². The second kappa shape index (κ2) is 6.57. The van der Waals surface area contributed by atoms with Crippen LogP contribution in [-0.4, -0.2) is 32.4 Å². The van der Waals surface area contributed by atoms with Crippen molar-refractivity contribution in [2.24, 2.45) is 7.05 Å². The van der Waals surface area contributed by atoms with E-state index >= 15 is 0 Å². The fourth-order valence-corrected chi connectivity index (χ4v) is 2.23. The first-order valence-electron chi connectivity index (χ1n) is 6.18. The van der Waals surface area contributed by atoms with Crippen molar-refractivity contribution in [3.63, 3.8) is 0 Å². The molecule has 1 aromatic carbocycles. The first-order chi connectivity index (χ1) is 10.0. The predicted molar refractivity (Wildman–Crippen MR) is 77.6 cm³/mol. The van der Waals surface area contributed by atoms with Crippen LogP contribution in [0.25, 0.3) is 0 Å². The molecule has 2 aromatic rings. The Hall–Kier alpha value is -2.09. The van der Waals surface area contributed by atoms with E-state index in [2.05, 4.69) is 26.1 Å². The van der Waals surface area contributed by atoms with E-state index in [9.17, 15) is 4.79 Å². The lowest BCUT2D eigenvalue weighted by atomic mass is 10.2. The first kappa shape index (κ1) is 15.3. The maximum atomic E-state index is 11.1. The minimum absolute atomic E-state index is 0.122. The minimum Gasteiger partial charge on any atom is -0.490 e. The van der Waals surface area contributed by atoms with E-state index in [1.807, 2.05) is 14.0 Å². The Labute approximate surface area is 129 Å². The molecule has 0 spiro atoms. The molecule has 0 fully saturated rings. The van der Waals surface area contributed by atoms with Gasteiger partial charge in [-0.1, -0.05) is 0 Å². The highest BCUT2D eigenvalue weighted by atomic mass is 79.9. The van der Waals surface area contributed by atoms with Crippen molar-refractivity contribution in [1.82, 2.24) is 14.8 Å². The van der Waals surface area contributed by atoms with Crippen LogP contribution in [0.4, 0.5) is 0 Å². The van der Waals surface area contributed by atoms with E-state index in [0.717, 1.165) is 0 Å². The van der Waals surface area contributed by atoms with E-state index < -0.39 is 5.97 Å². The number of nitrogens with zero attached hydrogens (tertiary/aromatic N) is 3. The number of carbonyl (C=O) groups is 1. The summed E-state index contributed by atoms with van der Waals surface area (Å²) in [5.41, 5.74) is 0.122. The Morgan fingerprint density at radius 3 is 2.76 bits per heavy atom. The summed E-state index contributed by atoms with van der Waals surface area (Å²) in [7, 11) is 1.81. The lowest BCUT2D eigenvalue weighted by Gasteiger charge is -2.14. The van der Waals surface area contributed by atoms with Gasteiger partial charge in [-0.15, -0.1) is 10.2 Å². The molecule has 1 N–H and O–H groups in total. The van der Waals surface area contributed by atoms with Gasteiger partial charge in [0, 0.05) is 7.05 Å². The molecule has 0 bridgehead atoms. The Bertz CT molecular complexity index is 657. The maximum Gasteiger partial charge on any atom is 0.335 e. The van der Waals surface area contributed by atoms with Crippen LogP contribution in [0, 0.1) is 0 Å². The quantitative estimate of drug-likeness (QED) is 0.854. The molecule has 0 aliphatic rings. The molecule has 0 atom stereocenters. The van der Waals surface area contributed by atoms with Crippen molar-refractivity contribution in [2.45, 2.75) is 13.5 Å². The number of carboxylic acids is 1. The molecule has 8 heteroatoms. The summed E-state index contributed by atoms with van der Waals surface area (Å²) in [5, 5.41) is 16.8. The van der Waals surface area contributed by atoms with Gasteiger partial charge in [-0.25, -0.2) is 4.79 Å². The number of halogens is 1. The van der Waals surface area contributed by atoms with E-state index in [-0.39, 0.29) is 12.2 Å². The number of rotatable bonds is 6. The van der Waals surface area contributed by atoms with Crippen LogP contribution in [0.2, 0.25) is 0 Å². The second-order valence-corrected chi connectivity index (χ2v) is 5.02. The number of carboxylic acid groups (broad SMARTS) is 1. The van der Waals surface area contributed by atoms with Crippen molar-refractivity contribution in [2.75, 3.05) is 6.61 Å². The molecule has 7 nitrogen and oxygen atoms in total. The number of ether oxygens (including phenoxy) is 2. The highest BCUT2D eigenvalue weighted by molar-refractivity contribution is 9.10. The fraction of sp³-hybridized carbons (Fsp3) is 0.308. The van der Waals surface area contributed by atoms with Crippen LogP contribution in [0.1, 0.15) is 23.1 Å². The zero-order valence-corrected chi connectivity index (χ0v) is 13.1. The van der Waals surface area contributed by atoms with E-state index in [0.29, 0.717) is 28.4 Å². The van der Waals surface area contributed by atoms with Gasteiger partial charge in [0.15, 0.2) is 17.3 Å². The van der Waals surface area contributed by atoms with Crippen LogP contribution >= 0.6 is 15.9 Å². The largest absolute Gasteiger partial charge is 0.490 e. The Kier molecular flexibility index (Phi) is 4.79. The monoisotopic (exact) mass is 355 g/mol. The average molecular weight is 356 g/mol. The zero-order chi connectivity index (χ0) is 15.4.